The molecule has 10 rings (SSSR count). The molecule has 0 spiro atoms. The zero-order chi connectivity index (χ0) is 97.3. The molecule has 3 aromatic carbocycles. The average molecular weight is 1880 g/mol. The normalized spacial score (nSPS) is 25.5. The number of nitrogens with two attached hydrogens (primary N) is 3. The first-order valence-corrected chi connectivity index (χ1v) is 45.8. The van der Waals surface area contributed by atoms with Gasteiger partial charge in [0, 0.05) is 125 Å². The number of carbonyl (C=O) groups is 17. The van der Waals surface area contributed by atoms with Gasteiger partial charge in [-0.3, -0.25) is 86.9 Å². The number of imidazole rings is 1. The summed E-state index contributed by atoms with van der Waals surface area (Å²) in [7, 11) is 3.90. The van der Waals surface area contributed by atoms with Gasteiger partial charge in [0.1, 0.15) is 90.3 Å². The number of fused-ring (bicyclic) bond motifs is 7. The van der Waals surface area contributed by atoms with E-state index >= 15 is 38.4 Å². The zero-order valence-electron chi connectivity index (χ0n) is 75.6. The highest BCUT2D eigenvalue weighted by Gasteiger charge is 2.47. The van der Waals surface area contributed by atoms with Gasteiger partial charge >= 0.3 is 0 Å². The van der Waals surface area contributed by atoms with Crippen LogP contribution in [0, 0.1) is 11.3 Å². The second-order valence-electron chi connectivity index (χ2n) is 34.7. The largest absolute Gasteiger partial charge is 0.508 e. The van der Waals surface area contributed by atoms with E-state index in [-0.39, 0.29) is 95.4 Å². The number of thioether (sulfide) groups is 1. The van der Waals surface area contributed by atoms with E-state index in [1.54, 1.807) is 74.8 Å². The first kappa shape index (κ1) is 102. The maximum atomic E-state index is 15.7. The summed E-state index contributed by atoms with van der Waals surface area (Å²) in [5.74, 6) is -18.0. The second kappa shape index (κ2) is 48.1. The maximum Gasteiger partial charge on any atom is 0.246 e. The molecular formula is C89H122N24O20S. The molecule has 134 heavy (non-hydrogen) atoms. The molecule has 24 N–H and O–H groups in total. The number of likely N-dealkylation sites (N-methyl/N-ethyl adjacent to an activating group) is 3. The summed E-state index contributed by atoms with van der Waals surface area (Å²) in [4.78, 5) is 269. The third-order valence-corrected chi connectivity index (χ3v) is 25.4. The van der Waals surface area contributed by atoms with E-state index < -0.39 is 241 Å². The van der Waals surface area contributed by atoms with Crippen molar-refractivity contribution in [2.24, 2.45) is 23.1 Å². The molecule has 44 nitrogen and oxygen atoms in total. The number of aromatic amines is 3. The summed E-state index contributed by atoms with van der Waals surface area (Å²) >= 11 is 0.762. The summed E-state index contributed by atoms with van der Waals surface area (Å²) in [6.45, 7) is 2.35. The van der Waals surface area contributed by atoms with Gasteiger partial charge in [-0.2, -0.15) is 0 Å². The Morgan fingerprint density at radius 1 is 0.537 bits per heavy atom. The third-order valence-electron chi connectivity index (χ3n) is 24.4. The number of phenols is 1. The van der Waals surface area contributed by atoms with Gasteiger partial charge in [0.25, 0.3) is 0 Å². The Hall–Kier alpha value is -13.7. The number of para-hydroxylation sites is 2. The van der Waals surface area contributed by atoms with Crippen LogP contribution in [-0.4, -0.2) is 322 Å². The topological polar surface area (TPSA) is 662 Å². The number of amides is 17. The lowest BCUT2D eigenvalue weighted by atomic mass is 9.97. The fraction of sp³-hybridized carbons (Fsp3) is 0.517. The van der Waals surface area contributed by atoms with E-state index in [4.69, 9.17) is 22.6 Å². The minimum absolute atomic E-state index is 0.00900. The minimum atomic E-state index is -1.89. The predicted octanol–water partition coefficient (Wildman–Crippen LogP) is -3.96. The van der Waals surface area contributed by atoms with E-state index in [9.17, 15) is 58.5 Å². The molecule has 15 atom stereocenters. The standard InChI is InChI=1S/C89H122N24O20S/c1-47(2)31-62-87(132)113-42-54(116)36-71(113)83(128)102-60(33-50-38-96-57-19-13-11-17-55(50)57)78(123)107-66(43-114)80(125)106-64(34-51-39-97-58-20-14-12-18-56(51)58)85(130)111(6)70-23-10-8-7-9-22-68(110(5)88(70)133)81(126)101-59(21-15-29-95-89(92)93)77(122)108-67(76(121)98-41-73(91)118)44-134-45-74(119)100-63(32-49-25-27-53(115)28-26-49)84(129)109(4)48(3)75(120)104-65(37-72(90)117)86(131)112-30-16-24-69(112)82(127)103-61(79(124)105-62)35-52-40-94-46-99-52/h11-14,17-20,25-28,38-40,46-48,54,59-71,96-97,114-116H,7-10,15-16,21-24,29-37,41-45H2,1-6H3,(H2,90,117)(H2,91,118)(H,94,99)(H,98,121)(H,100,119)(H,101,126)(H,102,128)(H,103,127)(H,104,120)(H,105,124)(H,106,125)(H,107,123)(H,108,122)(H4,92,93,95)/t48-,54+,59-,60-,61-,62-,63-,64-,65-,66-,67-,68?,69-,70?,71-/m0/s1. The summed E-state index contributed by atoms with van der Waals surface area (Å²) in [6, 6.07) is -2.14. The number of rotatable bonds is 20. The number of phenolic OH excluding ortho intramolecular Hbond substituents is 1. The number of nitrogens with zero attached hydrogens (tertiary/aromatic N) is 6. The Morgan fingerprint density at radius 3 is 1.68 bits per heavy atom. The van der Waals surface area contributed by atoms with E-state index in [1.165, 1.54) is 64.9 Å². The fourth-order valence-corrected chi connectivity index (χ4v) is 17.9. The number of H-pyrrole nitrogens is 3. The van der Waals surface area contributed by atoms with Crippen LogP contribution in [0.3, 0.4) is 0 Å². The molecule has 0 saturated carbocycles. The van der Waals surface area contributed by atoms with Gasteiger partial charge in [-0.15, -0.1) is 11.8 Å². The fourth-order valence-electron chi connectivity index (χ4n) is 17.0. The van der Waals surface area contributed by atoms with Crippen LogP contribution in [0.2, 0.25) is 0 Å². The smallest absolute Gasteiger partial charge is 0.246 e. The SMILES string of the molecule is CC(C)C[C@@H]1NC(=O)[C@H](Cc2cnc[nH]2)NC(=O)[C@@H]2CCCN2C(=O)[C@H](CC(N)=O)NC(=O)[C@H](C)N(C)C(=O)[C@H](Cc2ccc(O)cc2)NC(=O)CSC[C@@H](C(=O)NCC(N)=O)NC(=O)[C@H](CCCNC(=N)N)NC(=O)C2CCCCCCC(C(=O)N2C)N(C)C(=O)[C@H](Cc2c[nH]c3ccccc23)NC(=O)[C@H](CO)NC(=O)[C@H](Cc2c[nH]c3ccccc23)NC(=O)[C@@H]2C[C@@H](O)CN2C1=O. The van der Waals surface area contributed by atoms with Gasteiger partial charge < -0.3 is 130 Å². The van der Waals surface area contributed by atoms with Crippen LogP contribution in [0.1, 0.15) is 127 Å². The minimum Gasteiger partial charge on any atom is -0.508 e. The molecule has 4 saturated heterocycles. The van der Waals surface area contributed by atoms with Crippen molar-refractivity contribution in [3.63, 3.8) is 0 Å². The summed E-state index contributed by atoms with van der Waals surface area (Å²) in [5.41, 5.74) is 19.7. The third kappa shape index (κ3) is 27.7. The van der Waals surface area contributed by atoms with Gasteiger partial charge in [-0.1, -0.05) is 88.1 Å². The number of aliphatic hydroxyl groups excluding tert-OH is 2. The van der Waals surface area contributed by atoms with E-state index in [0.29, 0.717) is 69.9 Å². The molecule has 3 aromatic heterocycles. The Kier molecular flexibility index (Phi) is 36.7. The van der Waals surface area contributed by atoms with Crippen molar-refractivity contribution in [3.05, 3.63) is 120 Å². The van der Waals surface area contributed by atoms with Crippen LogP contribution < -0.4 is 75.7 Å². The van der Waals surface area contributed by atoms with Crippen LogP contribution in [0.25, 0.3) is 21.8 Å². The van der Waals surface area contributed by atoms with E-state index in [2.05, 4.69) is 78.4 Å². The Bertz CT molecular complexity index is 5240. The van der Waals surface area contributed by atoms with Gasteiger partial charge in [-0.25, -0.2) is 4.98 Å². The molecule has 4 fully saturated rings. The quantitative estimate of drug-likeness (QED) is 0.0197. The highest BCUT2D eigenvalue weighted by molar-refractivity contribution is 8.00. The van der Waals surface area contributed by atoms with Gasteiger partial charge in [0.2, 0.25) is 100 Å². The molecule has 0 aliphatic carbocycles. The Labute approximate surface area is 776 Å². The highest BCUT2D eigenvalue weighted by Crippen LogP contribution is 2.29. The number of aromatic nitrogens is 4. The molecule has 2 bridgehead atoms. The molecule has 7 heterocycles. The molecule has 17 amide bonds. The molecule has 45 heteroatoms. The number of nitrogens with one attached hydrogen (secondary N) is 15. The van der Waals surface area contributed by atoms with Crippen LogP contribution in [-0.2, 0) is 107 Å². The Balaban J connectivity index is 1.01. The second-order valence-corrected chi connectivity index (χ2v) is 35.7. The summed E-state index contributed by atoms with van der Waals surface area (Å²) < 4.78 is 0. The number of hydrogen-bond donors (Lipinski definition) is 21. The van der Waals surface area contributed by atoms with Crippen LogP contribution in [0.5, 0.6) is 5.75 Å². The first-order chi connectivity index (χ1) is 63.9. The number of aromatic hydroxyl groups is 1. The average Bonchev–Trinajstić information content (AvgIpc) is 1.70. The van der Waals surface area contributed by atoms with Gasteiger partial charge in [0.05, 0.1) is 37.8 Å². The number of carbonyl (C=O) groups excluding carboxylic acids is 17. The van der Waals surface area contributed by atoms with E-state index in [0.717, 1.165) is 36.3 Å². The van der Waals surface area contributed by atoms with Crippen molar-refractivity contribution in [1.82, 2.24) is 103 Å². The molecular weight excluding hydrogens is 1760 g/mol. The van der Waals surface area contributed by atoms with Crippen LogP contribution >= 0.6 is 11.8 Å². The van der Waals surface area contributed by atoms with Crippen molar-refractivity contribution < 1.29 is 96.8 Å². The maximum absolute atomic E-state index is 15.7. The van der Waals surface area contributed by atoms with Gasteiger partial charge in [-0.05, 0) is 98.7 Å². The first-order valence-electron chi connectivity index (χ1n) is 44.7. The molecule has 724 valence electrons. The summed E-state index contributed by atoms with van der Waals surface area (Å²) in [6.07, 6.45) is 3.93. The lowest BCUT2D eigenvalue weighted by Gasteiger charge is -2.37. The lowest BCUT2D eigenvalue weighted by molar-refractivity contribution is -0.149. The summed E-state index contributed by atoms with van der Waals surface area (Å²) in [5, 5.41) is 71.0. The molecule has 2 unspecified atom stereocenters. The van der Waals surface area contributed by atoms with Crippen molar-refractivity contribution in [3.8, 4) is 5.75 Å². The van der Waals surface area contributed by atoms with Crippen molar-refractivity contribution >= 4 is 140 Å². The molecule has 0 radical (unpaired) electrons. The molecule has 4 aliphatic rings. The van der Waals surface area contributed by atoms with Crippen molar-refractivity contribution in [2.45, 2.75) is 221 Å². The van der Waals surface area contributed by atoms with Gasteiger partial charge in [0.15, 0.2) is 5.96 Å². The van der Waals surface area contributed by atoms with E-state index in [1.807, 2.05) is 0 Å². The number of hydrogen-bond acceptors (Lipinski definition) is 23. The number of primary amides is 2. The zero-order valence-corrected chi connectivity index (χ0v) is 76.4. The highest BCUT2D eigenvalue weighted by atomic mass is 32.2. The Morgan fingerprint density at radius 2 is 1.07 bits per heavy atom. The van der Waals surface area contributed by atoms with Crippen molar-refractivity contribution in [2.75, 3.05) is 65.4 Å². The van der Waals surface area contributed by atoms with Crippen molar-refractivity contribution in [1.29, 1.82) is 5.41 Å². The monoisotopic (exact) mass is 1880 g/mol. The number of guanidine groups is 1. The number of benzene rings is 3. The predicted molar refractivity (Wildman–Crippen MR) is 488 cm³/mol. The number of aliphatic hydroxyl groups is 2. The van der Waals surface area contributed by atoms with Crippen LogP contribution in [0.15, 0.2) is 97.7 Å². The molecule has 6 aromatic rings. The lowest BCUT2D eigenvalue weighted by Crippen LogP contribution is -2.62. The molecule has 4 aliphatic heterocycles. The van der Waals surface area contributed by atoms with Crippen LogP contribution in [0.4, 0.5) is 0 Å².